The van der Waals surface area contributed by atoms with Crippen LogP contribution in [0, 0.1) is 20.8 Å². The van der Waals surface area contributed by atoms with E-state index in [-0.39, 0.29) is 11.9 Å². The van der Waals surface area contributed by atoms with Gasteiger partial charge in [0.1, 0.15) is 6.04 Å². The Kier molecular flexibility index (Phi) is 5.39. The Bertz CT molecular complexity index is 1150. The molecule has 154 valence electrons. The molecule has 2 heterocycles. The summed E-state index contributed by atoms with van der Waals surface area (Å²) in [6.45, 7) is 8.00. The van der Waals surface area contributed by atoms with Gasteiger partial charge < -0.3 is 10.6 Å². The average Bonchev–Trinajstić information content (AvgIpc) is 3.12. The summed E-state index contributed by atoms with van der Waals surface area (Å²) in [6, 6.07) is 13.9. The van der Waals surface area contributed by atoms with Crippen molar-refractivity contribution in [3.63, 3.8) is 0 Å². The van der Waals surface area contributed by atoms with Crippen molar-refractivity contribution in [3.05, 3.63) is 76.0 Å². The van der Waals surface area contributed by atoms with Crippen LogP contribution in [0.5, 0.6) is 0 Å². The van der Waals surface area contributed by atoms with Crippen molar-refractivity contribution in [2.45, 2.75) is 38.9 Å². The quantitative estimate of drug-likeness (QED) is 0.591. The number of fused-ring (bicyclic) bond motifs is 1. The van der Waals surface area contributed by atoms with Gasteiger partial charge in [-0.1, -0.05) is 59.3 Å². The predicted octanol–water partition coefficient (Wildman–Crippen LogP) is 4.85. The molecule has 1 aliphatic heterocycles. The minimum Gasteiger partial charge on any atom is -0.328 e. The fraction of sp³-hybridized carbons (Fsp3) is 0.261. The van der Waals surface area contributed by atoms with Crippen LogP contribution >= 0.6 is 11.8 Å². The van der Waals surface area contributed by atoms with Crippen LogP contribution in [0.25, 0.3) is 0 Å². The molecule has 0 fully saturated rings. The molecule has 0 unspecified atom stereocenters. The van der Waals surface area contributed by atoms with Crippen LogP contribution in [-0.2, 0) is 4.79 Å². The maximum Gasteiger partial charge on any atom is 0.255 e. The average molecular weight is 420 g/mol. The SMILES string of the molecule is CSc1nc2n(n1)[C@@H](c1ccc(C)cc1)C(C(=O)Nc1ccc(C)cc1C)=C(C)N2. The molecule has 7 heteroatoms. The molecule has 4 rings (SSSR count). The molecule has 6 nitrogen and oxygen atoms in total. The summed E-state index contributed by atoms with van der Waals surface area (Å²) < 4.78 is 1.81. The molecule has 3 aromatic rings. The maximum absolute atomic E-state index is 13.5. The second kappa shape index (κ2) is 7.99. The van der Waals surface area contributed by atoms with Gasteiger partial charge in [-0.3, -0.25) is 4.79 Å². The fourth-order valence-electron chi connectivity index (χ4n) is 3.71. The normalized spacial score (nSPS) is 15.6. The van der Waals surface area contributed by atoms with Crippen LogP contribution in [-0.4, -0.2) is 26.9 Å². The number of hydrogen-bond donors (Lipinski definition) is 2. The Morgan fingerprint density at radius 1 is 1.07 bits per heavy atom. The van der Waals surface area contributed by atoms with Gasteiger partial charge in [0.25, 0.3) is 5.91 Å². The van der Waals surface area contributed by atoms with Gasteiger partial charge in [-0.05, 0) is 51.1 Å². The summed E-state index contributed by atoms with van der Waals surface area (Å²) in [5.41, 5.74) is 6.56. The van der Waals surface area contributed by atoms with Crippen LogP contribution in [0.2, 0.25) is 0 Å². The van der Waals surface area contributed by atoms with E-state index in [0.717, 1.165) is 28.1 Å². The van der Waals surface area contributed by atoms with E-state index < -0.39 is 0 Å². The standard InChI is InChI=1S/C23H25N5OS/c1-13-6-9-17(10-7-13)20-19(16(4)24-22-26-23(30-5)27-28(20)22)21(29)25-18-11-8-14(2)12-15(18)3/h6-12,20H,1-5H3,(H,25,29)(H,24,26,27)/t20-/m0/s1. The van der Waals surface area contributed by atoms with E-state index in [4.69, 9.17) is 0 Å². The second-order valence-electron chi connectivity index (χ2n) is 7.62. The van der Waals surface area contributed by atoms with Crippen molar-refractivity contribution in [2.75, 3.05) is 16.9 Å². The number of anilines is 2. The first-order valence-corrected chi connectivity index (χ1v) is 11.0. The summed E-state index contributed by atoms with van der Waals surface area (Å²) in [5, 5.41) is 11.7. The third kappa shape index (κ3) is 3.73. The van der Waals surface area contributed by atoms with Crippen molar-refractivity contribution in [3.8, 4) is 0 Å². The summed E-state index contributed by atoms with van der Waals surface area (Å²) in [5.74, 6) is 0.495. The lowest BCUT2D eigenvalue weighted by Gasteiger charge is -2.29. The maximum atomic E-state index is 13.5. The predicted molar refractivity (Wildman–Crippen MR) is 122 cm³/mol. The third-order valence-corrected chi connectivity index (χ3v) is 5.82. The summed E-state index contributed by atoms with van der Waals surface area (Å²) >= 11 is 1.48. The second-order valence-corrected chi connectivity index (χ2v) is 8.39. The van der Waals surface area contributed by atoms with E-state index in [1.165, 1.54) is 17.3 Å². The largest absolute Gasteiger partial charge is 0.328 e. The molecule has 0 saturated heterocycles. The highest BCUT2D eigenvalue weighted by atomic mass is 32.2. The lowest BCUT2D eigenvalue weighted by Crippen LogP contribution is -2.31. The summed E-state index contributed by atoms with van der Waals surface area (Å²) in [6.07, 6.45) is 1.94. The van der Waals surface area contributed by atoms with Crippen molar-refractivity contribution in [1.82, 2.24) is 14.8 Å². The molecule has 0 spiro atoms. The topological polar surface area (TPSA) is 71.8 Å². The fourth-order valence-corrected chi connectivity index (χ4v) is 4.06. The summed E-state index contributed by atoms with van der Waals surface area (Å²) in [7, 11) is 0. The Hall–Kier alpha value is -3.06. The number of nitrogens with zero attached hydrogens (tertiary/aromatic N) is 3. The molecular formula is C23H25N5OS. The van der Waals surface area contributed by atoms with Gasteiger partial charge in [-0.2, -0.15) is 4.98 Å². The van der Waals surface area contributed by atoms with Crippen LogP contribution in [0.15, 0.2) is 58.9 Å². The number of hydrogen-bond acceptors (Lipinski definition) is 5. The molecule has 1 aliphatic rings. The van der Waals surface area contributed by atoms with E-state index in [1.807, 2.05) is 58.2 Å². The van der Waals surface area contributed by atoms with Crippen molar-refractivity contribution in [1.29, 1.82) is 0 Å². The first-order chi connectivity index (χ1) is 14.4. The van der Waals surface area contributed by atoms with Crippen LogP contribution in [0.4, 0.5) is 11.6 Å². The Morgan fingerprint density at radius 2 is 1.77 bits per heavy atom. The Morgan fingerprint density at radius 3 is 2.43 bits per heavy atom. The molecule has 1 amide bonds. The Balaban J connectivity index is 1.78. The van der Waals surface area contributed by atoms with Crippen LogP contribution in [0.3, 0.4) is 0 Å². The minimum atomic E-state index is -0.360. The van der Waals surface area contributed by atoms with Gasteiger partial charge >= 0.3 is 0 Å². The number of benzene rings is 2. The monoisotopic (exact) mass is 419 g/mol. The first kappa shape index (κ1) is 20.2. The minimum absolute atomic E-state index is 0.149. The van der Waals surface area contributed by atoms with Gasteiger partial charge in [0, 0.05) is 11.4 Å². The van der Waals surface area contributed by atoms with Gasteiger partial charge in [0.15, 0.2) is 0 Å². The van der Waals surface area contributed by atoms with E-state index in [2.05, 4.69) is 38.9 Å². The van der Waals surface area contributed by atoms with E-state index in [1.54, 1.807) is 4.68 Å². The number of nitrogens with one attached hydrogen (secondary N) is 2. The van der Waals surface area contributed by atoms with Crippen LogP contribution in [0.1, 0.15) is 35.2 Å². The Labute approximate surface area is 180 Å². The zero-order valence-corrected chi connectivity index (χ0v) is 18.6. The van der Waals surface area contributed by atoms with Gasteiger partial charge in [-0.15, -0.1) is 5.10 Å². The number of aromatic nitrogens is 3. The molecule has 2 N–H and O–H groups in total. The first-order valence-electron chi connectivity index (χ1n) is 9.81. The molecule has 1 aromatic heterocycles. The molecular weight excluding hydrogens is 394 g/mol. The zero-order chi connectivity index (χ0) is 21.4. The van der Waals surface area contributed by atoms with Gasteiger partial charge in [0.2, 0.25) is 11.1 Å². The van der Waals surface area contributed by atoms with E-state index in [9.17, 15) is 4.79 Å². The highest BCUT2D eigenvalue weighted by Crippen LogP contribution is 2.36. The highest BCUT2D eigenvalue weighted by molar-refractivity contribution is 7.98. The van der Waals surface area contributed by atoms with E-state index >= 15 is 0 Å². The van der Waals surface area contributed by atoms with Crippen molar-refractivity contribution < 1.29 is 4.79 Å². The number of carbonyl (C=O) groups excluding carboxylic acids is 1. The molecule has 1 atom stereocenters. The lowest BCUT2D eigenvalue weighted by atomic mass is 9.94. The summed E-state index contributed by atoms with van der Waals surface area (Å²) in [4.78, 5) is 18.0. The molecule has 0 bridgehead atoms. The molecule has 0 radical (unpaired) electrons. The lowest BCUT2D eigenvalue weighted by molar-refractivity contribution is -0.113. The number of thioether (sulfide) groups is 1. The zero-order valence-electron chi connectivity index (χ0n) is 17.8. The number of carbonyl (C=O) groups is 1. The van der Waals surface area contributed by atoms with Crippen molar-refractivity contribution >= 4 is 29.3 Å². The highest BCUT2D eigenvalue weighted by Gasteiger charge is 2.34. The number of aryl methyl sites for hydroxylation is 3. The van der Waals surface area contributed by atoms with E-state index in [0.29, 0.717) is 16.7 Å². The molecule has 2 aromatic carbocycles. The smallest absolute Gasteiger partial charge is 0.255 e. The van der Waals surface area contributed by atoms with Gasteiger partial charge in [-0.25, -0.2) is 4.68 Å². The third-order valence-electron chi connectivity index (χ3n) is 5.28. The van der Waals surface area contributed by atoms with Gasteiger partial charge in [0.05, 0.1) is 5.57 Å². The van der Waals surface area contributed by atoms with Crippen molar-refractivity contribution in [2.24, 2.45) is 0 Å². The molecule has 0 saturated carbocycles. The number of rotatable bonds is 4. The number of allylic oxidation sites excluding steroid dienone is 1. The van der Waals surface area contributed by atoms with Crippen LogP contribution < -0.4 is 10.6 Å². The molecule has 0 aliphatic carbocycles. The number of amides is 1. The molecule has 30 heavy (non-hydrogen) atoms.